The van der Waals surface area contributed by atoms with Crippen molar-refractivity contribution in [2.45, 2.75) is 89.5 Å². The number of nitrogens with zero attached hydrogens (tertiary/aromatic N) is 3. The highest BCUT2D eigenvalue weighted by Crippen LogP contribution is 2.25. The summed E-state index contributed by atoms with van der Waals surface area (Å²) in [5.74, 6) is -2.45. The summed E-state index contributed by atoms with van der Waals surface area (Å²) in [6.07, 6.45) is 3.32. The van der Waals surface area contributed by atoms with Crippen LogP contribution in [0.5, 0.6) is 0 Å². The normalized spacial score (nSPS) is 13.7. The molecule has 2 atom stereocenters. The highest BCUT2D eigenvalue weighted by Gasteiger charge is 2.43. The Balaban J connectivity index is 1.79. The lowest BCUT2D eigenvalue weighted by atomic mass is 9.99. The van der Waals surface area contributed by atoms with Crippen LogP contribution in [0.15, 0.2) is 24.3 Å². The van der Waals surface area contributed by atoms with Crippen LogP contribution in [0.1, 0.15) is 81.3 Å². The van der Waals surface area contributed by atoms with Gasteiger partial charge in [-0.2, -0.15) is 18.4 Å². The zero-order chi connectivity index (χ0) is 23.4. The van der Waals surface area contributed by atoms with E-state index >= 15 is 0 Å². The topological polar surface area (TPSA) is 107 Å². The van der Waals surface area contributed by atoms with Crippen LogP contribution in [-0.4, -0.2) is 38.8 Å². The number of ether oxygens (including phenoxy) is 1. The van der Waals surface area contributed by atoms with Crippen LogP contribution >= 0.6 is 0 Å². The minimum Gasteiger partial charge on any atom is -0.447 e. The molecule has 1 heterocycles. The Morgan fingerprint density at radius 3 is 2.28 bits per heavy atom. The number of rotatable bonds is 14. The molecule has 7 nitrogen and oxygen atoms in total. The second kappa shape index (κ2) is 13.1. The molecule has 2 rings (SSSR count). The maximum absolute atomic E-state index is 12.6. The van der Waals surface area contributed by atoms with Crippen molar-refractivity contribution in [1.82, 2.24) is 20.6 Å². The van der Waals surface area contributed by atoms with Gasteiger partial charge < -0.3 is 10.5 Å². The predicted octanol–water partition coefficient (Wildman–Crippen LogP) is 4.60. The molecule has 0 aliphatic carbocycles. The number of aryl methyl sites for hydroxylation is 2. The third kappa shape index (κ3) is 9.33. The van der Waals surface area contributed by atoms with Crippen LogP contribution in [0, 0.1) is 0 Å². The highest BCUT2D eigenvalue weighted by molar-refractivity contribution is 5.75. The molecule has 1 aromatic heterocycles. The van der Waals surface area contributed by atoms with Gasteiger partial charge in [-0.15, -0.1) is 10.2 Å². The van der Waals surface area contributed by atoms with Crippen LogP contribution in [0.2, 0.25) is 0 Å². The quantitative estimate of drug-likeness (QED) is 0.318. The summed E-state index contributed by atoms with van der Waals surface area (Å²) in [7, 11) is 0. The fraction of sp³-hybridized carbons (Fsp3) is 0.636. The number of tetrazole rings is 1. The minimum atomic E-state index is -5.11. The number of carbonyl (C=O) groups excluding carboxylic acids is 1. The number of esters is 1. The van der Waals surface area contributed by atoms with E-state index in [1.807, 2.05) is 0 Å². The first-order chi connectivity index (χ1) is 15.3. The fourth-order valence-corrected chi connectivity index (χ4v) is 3.44. The van der Waals surface area contributed by atoms with Gasteiger partial charge in [0.15, 0.2) is 6.10 Å². The number of aromatic amines is 1. The van der Waals surface area contributed by atoms with Crippen LogP contribution in [0.4, 0.5) is 13.2 Å². The number of halogens is 3. The van der Waals surface area contributed by atoms with Crippen molar-refractivity contribution in [2.24, 2.45) is 5.73 Å². The lowest BCUT2D eigenvalue weighted by Crippen LogP contribution is -2.31. The third-order valence-electron chi connectivity index (χ3n) is 5.29. The van der Waals surface area contributed by atoms with E-state index in [1.165, 1.54) is 44.1 Å². The number of benzene rings is 1. The molecule has 2 unspecified atom stereocenters. The summed E-state index contributed by atoms with van der Waals surface area (Å²) >= 11 is 0. The monoisotopic (exact) mass is 455 g/mol. The molecule has 1 aromatic carbocycles. The van der Waals surface area contributed by atoms with E-state index < -0.39 is 24.3 Å². The van der Waals surface area contributed by atoms with Crippen LogP contribution in [0.3, 0.4) is 0 Å². The van der Waals surface area contributed by atoms with E-state index in [1.54, 1.807) is 0 Å². The summed E-state index contributed by atoms with van der Waals surface area (Å²) in [4.78, 5) is 11.2. The maximum atomic E-state index is 12.6. The molecule has 0 aliphatic rings. The lowest BCUT2D eigenvalue weighted by Gasteiger charge is -2.19. The van der Waals surface area contributed by atoms with Crippen molar-refractivity contribution >= 4 is 5.97 Å². The first kappa shape index (κ1) is 25.8. The standard InChI is InChI=1S/C22H32F3N5O2/c1-2-3-4-5-6-7-8-16-9-11-17(12-10-16)13-14-18(26)15-19(20-27-29-30-28-20)32-21(31)22(23,24)25/h9-12,18-19H,2-8,13-15,26H2,1H3,(H,27,28,29,30). The van der Waals surface area contributed by atoms with Crippen molar-refractivity contribution in [3.8, 4) is 0 Å². The van der Waals surface area contributed by atoms with Crippen molar-refractivity contribution in [1.29, 1.82) is 0 Å². The molecule has 32 heavy (non-hydrogen) atoms. The number of nitrogens with one attached hydrogen (secondary N) is 1. The Labute approximate surface area is 186 Å². The molecular weight excluding hydrogens is 423 g/mol. The molecule has 0 aliphatic heterocycles. The highest BCUT2D eigenvalue weighted by atomic mass is 19.4. The first-order valence-corrected chi connectivity index (χ1v) is 11.1. The molecular formula is C22H32F3N5O2. The number of H-pyrrole nitrogens is 1. The van der Waals surface area contributed by atoms with Crippen molar-refractivity contribution in [2.75, 3.05) is 0 Å². The summed E-state index contributed by atoms with van der Waals surface area (Å²) in [6.45, 7) is 2.21. The Hall–Kier alpha value is -2.49. The van der Waals surface area contributed by atoms with Gasteiger partial charge in [0, 0.05) is 12.5 Å². The molecule has 178 valence electrons. The molecule has 0 saturated heterocycles. The number of hydrogen-bond acceptors (Lipinski definition) is 6. The number of alkyl halides is 3. The third-order valence-corrected chi connectivity index (χ3v) is 5.29. The Morgan fingerprint density at radius 1 is 1.06 bits per heavy atom. The zero-order valence-corrected chi connectivity index (χ0v) is 18.4. The summed E-state index contributed by atoms with van der Waals surface area (Å²) in [5, 5.41) is 12.7. The van der Waals surface area contributed by atoms with E-state index in [-0.39, 0.29) is 12.2 Å². The van der Waals surface area contributed by atoms with E-state index in [9.17, 15) is 18.0 Å². The molecule has 3 N–H and O–H groups in total. The number of nitrogens with two attached hydrogens (primary N) is 1. The molecule has 2 aromatic rings. The van der Waals surface area contributed by atoms with Crippen LogP contribution in [-0.2, 0) is 22.4 Å². The van der Waals surface area contributed by atoms with Crippen molar-refractivity contribution in [3.63, 3.8) is 0 Å². The number of aromatic nitrogens is 4. The average molecular weight is 456 g/mol. The van der Waals surface area contributed by atoms with E-state index in [4.69, 9.17) is 5.73 Å². The smallest absolute Gasteiger partial charge is 0.447 e. The second-order valence-corrected chi connectivity index (χ2v) is 8.03. The lowest BCUT2D eigenvalue weighted by molar-refractivity contribution is -0.206. The van der Waals surface area contributed by atoms with Crippen molar-refractivity contribution in [3.05, 3.63) is 41.2 Å². The average Bonchev–Trinajstić information content (AvgIpc) is 3.29. The maximum Gasteiger partial charge on any atom is 0.490 e. The first-order valence-electron chi connectivity index (χ1n) is 11.1. The molecule has 10 heteroatoms. The Bertz CT molecular complexity index is 782. The van der Waals surface area contributed by atoms with Gasteiger partial charge in [-0.05, 0) is 36.8 Å². The largest absolute Gasteiger partial charge is 0.490 e. The summed E-state index contributed by atoms with van der Waals surface area (Å²) in [6, 6.07) is 7.82. The van der Waals surface area contributed by atoms with E-state index in [0.717, 1.165) is 12.0 Å². The molecule has 0 saturated carbocycles. The molecule has 0 amide bonds. The number of unbranched alkanes of at least 4 members (excludes halogenated alkanes) is 5. The minimum absolute atomic E-state index is 0.0442. The summed E-state index contributed by atoms with van der Waals surface area (Å²) in [5.41, 5.74) is 8.49. The Kier molecular flexibility index (Phi) is 10.6. The van der Waals surface area contributed by atoms with Crippen molar-refractivity contribution < 1.29 is 22.7 Å². The SMILES string of the molecule is CCCCCCCCc1ccc(CCC(N)CC(OC(=O)C(F)(F)F)c2nn[nH]n2)cc1. The van der Waals surface area contributed by atoms with Crippen LogP contribution in [0.25, 0.3) is 0 Å². The number of carbonyl (C=O) groups is 1. The van der Waals surface area contributed by atoms with Crippen LogP contribution < -0.4 is 5.73 Å². The van der Waals surface area contributed by atoms with Gasteiger partial charge >= 0.3 is 12.1 Å². The predicted molar refractivity (Wildman–Crippen MR) is 114 cm³/mol. The number of hydrogen-bond donors (Lipinski definition) is 2. The van der Waals surface area contributed by atoms with Gasteiger partial charge in [-0.3, -0.25) is 0 Å². The van der Waals surface area contributed by atoms with E-state index in [2.05, 4.69) is 56.6 Å². The molecule has 0 spiro atoms. The molecule has 0 bridgehead atoms. The Morgan fingerprint density at radius 2 is 1.69 bits per heavy atom. The molecule has 0 fully saturated rings. The van der Waals surface area contributed by atoms with Gasteiger partial charge in [0.1, 0.15) is 0 Å². The fourth-order valence-electron chi connectivity index (χ4n) is 3.44. The zero-order valence-electron chi connectivity index (χ0n) is 18.4. The van der Waals surface area contributed by atoms with Gasteiger partial charge in [-0.25, -0.2) is 4.79 Å². The van der Waals surface area contributed by atoms with Gasteiger partial charge in [0.05, 0.1) is 0 Å². The van der Waals surface area contributed by atoms with E-state index in [0.29, 0.717) is 12.8 Å². The van der Waals surface area contributed by atoms with Gasteiger partial charge in [-0.1, -0.05) is 68.5 Å². The molecule has 0 radical (unpaired) electrons. The van der Waals surface area contributed by atoms with Gasteiger partial charge in [0.2, 0.25) is 5.82 Å². The second-order valence-electron chi connectivity index (χ2n) is 8.03. The van der Waals surface area contributed by atoms with Gasteiger partial charge in [0.25, 0.3) is 0 Å². The summed E-state index contributed by atoms with van der Waals surface area (Å²) < 4.78 is 42.2.